The van der Waals surface area contributed by atoms with Crippen molar-refractivity contribution in [1.82, 2.24) is 20.4 Å². The summed E-state index contributed by atoms with van der Waals surface area (Å²) in [7, 11) is 0. The first-order chi connectivity index (χ1) is 17.5. The number of carboxylic acids is 1. The maximum Gasteiger partial charge on any atom is 0.305 e. The zero-order chi connectivity index (χ0) is 27.3. The van der Waals surface area contributed by atoms with Crippen molar-refractivity contribution >= 4 is 35.9 Å². The number of rotatable bonds is 8. The highest BCUT2D eigenvalue weighted by Gasteiger charge is 2.38. The van der Waals surface area contributed by atoms with Gasteiger partial charge in [-0.3, -0.25) is 24.0 Å². The number of carbonyl (C=O) groups excluding carboxylic acids is 5. The van der Waals surface area contributed by atoms with E-state index in [1.54, 1.807) is 12.2 Å². The molecular weight excluding hydrogens is 488 g/mol. The van der Waals surface area contributed by atoms with Crippen molar-refractivity contribution in [2.45, 2.75) is 38.3 Å². The normalized spacial score (nSPS) is 18.0. The van der Waals surface area contributed by atoms with Gasteiger partial charge in [0.05, 0.1) is 24.7 Å². The SMILES string of the molecule is CC(=O)N1C[C@H](NC(=O)c2ccc(O)c(O)c2)C(=O)N(CC(=O)N[C@H](C=O)CC(=O)O)C2=C1C=CCC2. The molecule has 1 aliphatic carbocycles. The molecule has 4 amide bonds. The van der Waals surface area contributed by atoms with Crippen LogP contribution in [0.15, 0.2) is 41.7 Å². The first-order valence-electron chi connectivity index (χ1n) is 11.3. The lowest BCUT2D eigenvalue weighted by Crippen LogP contribution is -2.53. The minimum absolute atomic E-state index is 0.0638. The molecule has 1 heterocycles. The molecule has 0 aromatic heterocycles. The molecule has 0 radical (unpaired) electrons. The molecule has 2 atom stereocenters. The van der Waals surface area contributed by atoms with Gasteiger partial charge in [-0.2, -0.15) is 0 Å². The molecule has 0 saturated carbocycles. The van der Waals surface area contributed by atoms with Gasteiger partial charge in [-0.1, -0.05) is 6.08 Å². The molecule has 0 bridgehead atoms. The average molecular weight is 514 g/mol. The van der Waals surface area contributed by atoms with Crippen LogP contribution in [0.1, 0.15) is 36.5 Å². The molecule has 196 valence electrons. The van der Waals surface area contributed by atoms with Crippen LogP contribution in [0.2, 0.25) is 0 Å². The zero-order valence-corrected chi connectivity index (χ0v) is 19.8. The maximum absolute atomic E-state index is 13.6. The monoisotopic (exact) mass is 514 g/mol. The highest BCUT2D eigenvalue weighted by molar-refractivity contribution is 5.99. The minimum Gasteiger partial charge on any atom is -0.504 e. The van der Waals surface area contributed by atoms with Crippen LogP contribution in [0.3, 0.4) is 0 Å². The van der Waals surface area contributed by atoms with Crippen molar-refractivity contribution in [2.24, 2.45) is 0 Å². The van der Waals surface area contributed by atoms with Crippen molar-refractivity contribution in [2.75, 3.05) is 13.1 Å². The van der Waals surface area contributed by atoms with E-state index in [1.807, 2.05) is 0 Å². The third kappa shape index (κ3) is 6.31. The van der Waals surface area contributed by atoms with Crippen LogP contribution in [-0.2, 0) is 24.0 Å². The van der Waals surface area contributed by atoms with Gasteiger partial charge in [-0.25, -0.2) is 0 Å². The van der Waals surface area contributed by atoms with E-state index >= 15 is 0 Å². The van der Waals surface area contributed by atoms with Crippen molar-refractivity contribution < 1.29 is 44.1 Å². The molecule has 2 aliphatic rings. The third-order valence-electron chi connectivity index (χ3n) is 5.80. The summed E-state index contributed by atoms with van der Waals surface area (Å²) in [5.74, 6) is -5.00. The molecule has 0 fully saturated rings. The van der Waals surface area contributed by atoms with E-state index < -0.39 is 66.1 Å². The molecule has 0 unspecified atom stereocenters. The van der Waals surface area contributed by atoms with Crippen LogP contribution < -0.4 is 10.6 Å². The van der Waals surface area contributed by atoms with Gasteiger partial charge in [0.1, 0.15) is 18.9 Å². The summed E-state index contributed by atoms with van der Waals surface area (Å²) in [4.78, 5) is 76.2. The van der Waals surface area contributed by atoms with Crippen molar-refractivity contribution in [3.8, 4) is 11.5 Å². The molecule has 0 spiro atoms. The molecule has 3 rings (SSSR count). The van der Waals surface area contributed by atoms with E-state index in [4.69, 9.17) is 5.11 Å². The predicted octanol–water partition coefficient (Wildman–Crippen LogP) is -0.393. The summed E-state index contributed by atoms with van der Waals surface area (Å²) in [5, 5.41) is 32.9. The van der Waals surface area contributed by atoms with E-state index in [1.165, 1.54) is 17.9 Å². The second-order valence-corrected chi connectivity index (χ2v) is 8.46. The Kier molecular flexibility index (Phi) is 8.27. The van der Waals surface area contributed by atoms with Gasteiger partial charge in [0, 0.05) is 18.2 Å². The fourth-order valence-corrected chi connectivity index (χ4v) is 4.04. The number of carbonyl (C=O) groups is 6. The molecule has 1 aromatic rings. The Morgan fingerprint density at radius 1 is 1.19 bits per heavy atom. The van der Waals surface area contributed by atoms with Crippen molar-refractivity contribution in [1.29, 1.82) is 0 Å². The zero-order valence-electron chi connectivity index (χ0n) is 19.8. The first kappa shape index (κ1) is 26.9. The van der Waals surface area contributed by atoms with Gasteiger partial charge < -0.3 is 40.5 Å². The molecule has 37 heavy (non-hydrogen) atoms. The fraction of sp³-hybridized carbons (Fsp3) is 0.333. The van der Waals surface area contributed by atoms with Crippen LogP contribution in [0.25, 0.3) is 0 Å². The molecular formula is C24H26N4O9. The highest BCUT2D eigenvalue weighted by atomic mass is 16.4. The third-order valence-corrected chi connectivity index (χ3v) is 5.80. The Labute approximate surface area is 211 Å². The van der Waals surface area contributed by atoms with Crippen LogP contribution >= 0.6 is 0 Å². The number of amides is 4. The quantitative estimate of drug-likeness (QED) is 0.227. The molecule has 5 N–H and O–H groups in total. The lowest BCUT2D eigenvalue weighted by Gasteiger charge is -2.29. The van der Waals surface area contributed by atoms with E-state index in [0.29, 0.717) is 24.2 Å². The largest absolute Gasteiger partial charge is 0.504 e. The summed E-state index contributed by atoms with van der Waals surface area (Å²) in [6, 6.07) is 0.725. The van der Waals surface area contributed by atoms with Gasteiger partial charge in [0.2, 0.25) is 11.8 Å². The molecule has 1 aliphatic heterocycles. The Hall–Kier alpha value is -4.68. The summed E-state index contributed by atoms with van der Waals surface area (Å²) >= 11 is 0. The number of hydrogen-bond acceptors (Lipinski definition) is 8. The van der Waals surface area contributed by atoms with Crippen LogP contribution in [0.5, 0.6) is 11.5 Å². The van der Waals surface area contributed by atoms with E-state index in [9.17, 15) is 39.0 Å². The summed E-state index contributed by atoms with van der Waals surface area (Å²) in [5.41, 5.74) is 0.667. The molecule has 13 heteroatoms. The summed E-state index contributed by atoms with van der Waals surface area (Å²) in [6.07, 6.45) is 3.88. The lowest BCUT2D eigenvalue weighted by molar-refractivity contribution is -0.140. The fourth-order valence-electron chi connectivity index (χ4n) is 4.04. The second-order valence-electron chi connectivity index (χ2n) is 8.46. The number of nitrogens with one attached hydrogen (secondary N) is 2. The highest BCUT2D eigenvalue weighted by Crippen LogP contribution is 2.30. The Bertz CT molecular complexity index is 1210. The van der Waals surface area contributed by atoms with Crippen molar-refractivity contribution in [3.05, 3.63) is 47.3 Å². The van der Waals surface area contributed by atoms with E-state index in [0.717, 1.165) is 17.0 Å². The van der Waals surface area contributed by atoms with Gasteiger partial charge in [0.15, 0.2) is 11.5 Å². The van der Waals surface area contributed by atoms with Gasteiger partial charge in [0.25, 0.3) is 11.8 Å². The number of benzene rings is 1. The number of allylic oxidation sites excluding steroid dienone is 3. The smallest absolute Gasteiger partial charge is 0.305 e. The topological polar surface area (TPSA) is 194 Å². The van der Waals surface area contributed by atoms with E-state index in [2.05, 4.69) is 10.6 Å². The maximum atomic E-state index is 13.6. The van der Waals surface area contributed by atoms with Crippen molar-refractivity contribution in [3.63, 3.8) is 0 Å². The number of phenolic OH excluding ortho intramolecular Hbond substituents is 2. The molecule has 0 saturated heterocycles. The number of aldehydes is 1. The summed E-state index contributed by atoms with van der Waals surface area (Å²) in [6.45, 7) is 0.451. The van der Waals surface area contributed by atoms with Crippen LogP contribution in [-0.4, -0.2) is 86.2 Å². The Morgan fingerprint density at radius 2 is 1.92 bits per heavy atom. The molecule has 1 aromatic carbocycles. The van der Waals surface area contributed by atoms with Gasteiger partial charge in [-0.05, 0) is 37.1 Å². The van der Waals surface area contributed by atoms with Crippen LogP contribution in [0, 0.1) is 0 Å². The average Bonchev–Trinajstić information content (AvgIpc) is 2.95. The first-order valence-corrected chi connectivity index (χ1v) is 11.3. The predicted molar refractivity (Wildman–Crippen MR) is 126 cm³/mol. The number of aromatic hydroxyl groups is 2. The lowest BCUT2D eigenvalue weighted by atomic mass is 10.1. The number of hydrogen-bond donors (Lipinski definition) is 5. The standard InChI is InChI=1S/C24H26N4O9/c1-13(30)27-10-16(26-23(36)14-6-7-19(31)20(32)8-14)24(37)28(18-5-3-2-4-17(18)27)11-21(33)25-15(12-29)9-22(34)35/h2,4,6-8,12,15-16,31-32H,3,5,9-11H2,1H3,(H,25,33)(H,26,36)(H,34,35)/t15-,16-/m0/s1. The Balaban J connectivity index is 1.93. The Morgan fingerprint density at radius 3 is 2.54 bits per heavy atom. The number of nitrogens with zero attached hydrogens (tertiary/aromatic N) is 2. The number of phenols is 2. The van der Waals surface area contributed by atoms with Gasteiger partial charge in [-0.15, -0.1) is 0 Å². The number of carboxylic acid groups (broad SMARTS) is 1. The molecule has 13 nitrogen and oxygen atoms in total. The van der Waals surface area contributed by atoms with Crippen LogP contribution in [0.4, 0.5) is 0 Å². The van der Waals surface area contributed by atoms with E-state index in [-0.39, 0.29) is 18.4 Å². The number of aliphatic carboxylic acids is 1. The minimum atomic E-state index is -1.31. The summed E-state index contributed by atoms with van der Waals surface area (Å²) < 4.78 is 0. The van der Waals surface area contributed by atoms with Gasteiger partial charge >= 0.3 is 5.97 Å². The second kappa shape index (κ2) is 11.4.